The predicted octanol–water partition coefficient (Wildman–Crippen LogP) is 3.98. The number of benzene rings is 1. The average Bonchev–Trinajstić information content (AvgIpc) is 3.07. The van der Waals surface area contributed by atoms with E-state index in [1.54, 1.807) is 42.5 Å². The number of hydrogen-bond acceptors (Lipinski definition) is 3. The van der Waals surface area contributed by atoms with E-state index < -0.39 is 0 Å². The highest BCUT2D eigenvalue weighted by Crippen LogP contribution is 2.24. The molecule has 128 valence electrons. The van der Waals surface area contributed by atoms with Crippen LogP contribution in [0.15, 0.2) is 41.0 Å². The van der Waals surface area contributed by atoms with Crippen molar-refractivity contribution in [2.75, 3.05) is 12.4 Å². The van der Waals surface area contributed by atoms with E-state index in [1.165, 1.54) is 0 Å². The van der Waals surface area contributed by atoms with Gasteiger partial charge in [-0.25, -0.2) is 0 Å². The van der Waals surface area contributed by atoms with Crippen molar-refractivity contribution in [3.63, 3.8) is 0 Å². The Morgan fingerprint density at radius 1 is 1.29 bits per heavy atom. The summed E-state index contributed by atoms with van der Waals surface area (Å²) < 4.78 is 5.20. The summed E-state index contributed by atoms with van der Waals surface area (Å²) in [5.41, 5.74) is 0.918. The van der Waals surface area contributed by atoms with Gasteiger partial charge in [-0.2, -0.15) is 0 Å². The Morgan fingerprint density at radius 3 is 2.67 bits per heavy atom. The largest absolute Gasteiger partial charge is 0.469 e. The van der Waals surface area contributed by atoms with E-state index in [4.69, 9.17) is 16.0 Å². The maximum atomic E-state index is 12.4. The van der Waals surface area contributed by atoms with E-state index in [2.05, 4.69) is 5.32 Å². The van der Waals surface area contributed by atoms with E-state index in [0.29, 0.717) is 22.7 Å². The van der Waals surface area contributed by atoms with Gasteiger partial charge in [-0.05, 0) is 44.2 Å². The number of halogens is 1. The van der Waals surface area contributed by atoms with Crippen molar-refractivity contribution in [2.24, 2.45) is 0 Å². The maximum Gasteiger partial charge on any atom is 0.253 e. The molecule has 24 heavy (non-hydrogen) atoms. The molecule has 6 heteroatoms. The summed E-state index contributed by atoms with van der Waals surface area (Å²) in [5, 5.41) is 3.15. The minimum Gasteiger partial charge on any atom is -0.469 e. The Hall–Kier alpha value is -2.27. The van der Waals surface area contributed by atoms with E-state index >= 15 is 0 Å². The number of carbonyl (C=O) groups excluding carboxylic acids is 2. The second kappa shape index (κ2) is 8.02. The average molecular weight is 349 g/mol. The summed E-state index contributed by atoms with van der Waals surface area (Å²) >= 11 is 6.13. The second-order valence-corrected chi connectivity index (χ2v) is 6.24. The first-order valence-corrected chi connectivity index (χ1v) is 8.15. The van der Waals surface area contributed by atoms with Gasteiger partial charge in [-0.15, -0.1) is 0 Å². The number of hydrogen-bond donors (Lipinski definition) is 1. The van der Waals surface area contributed by atoms with Crippen molar-refractivity contribution >= 4 is 29.1 Å². The Morgan fingerprint density at radius 2 is 2.04 bits per heavy atom. The van der Waals surface area contributed by atoms with Crippen LogP contribution in [0.5, 0.6) is 0 Å². The lowest BCUT2D eigenvalue weighted by molar-refractivity contribution is -0.116. The molecule has 0 radical (unpaired) electrons. The lowest BCUT2D eigenvalue weighted by Gasteiger charge is -2.22. The van der Waals surface area contributed by atoms with E-state index in [1.807, 2.05) is 19.9 Å². The van der Waals surface area contributed by atoms with Crippen LogP contribution < -0.4 is 5.32 Å². The van der Waals surface area contributed by atoms with Gasteiger partial charge < -0.3 is 14.6 Å². The number of aryl methyl sites for hydroxylation is 1. The van der Waals surface area contributed by atoms with Gasteiger partial charge in [0.15, 0.2) is 0 Å². The SMILES string of the molecule is CC(C)N(C)C(=O)c1ccc(Cl)c(NC(=O)CCc2ccco2)c1. The monoisotopic (exact) mass is 348 g/mol. The van der Waals surface area contributed by atoms with Gasteiger partial charge in [0, 0.05) is 31.5 Å². The van der Waals surface area contributed by atoms with Crippen molar-refractivity contribution < 1.29 is 14.0 Å². The van der Waals surface area contributed by atoms with Gasteiger partial charge >= 0.3 is 0 Å². The summed E-state index contributed by atoms with van der Waals surface area (Å²) in [7, 11) is 1.74. The fraction of sp³-hybridized carbons (Fsp3) is 0.333. The fourth-order valence-electron chi connectivity index (χ4n) is 2.10. The standard InChI is InChI=1S/C18H21ClN2O3/c1-12(2)21(3)18(23)13-6-8-15(19)16(11-13)20-17(22)9-7-14-5-4-10-24-14/h4-6,8,10-12H,7,9H2,1-3H3,(H,20,22). The molecular formula is C18H21ClN2O3. The van der Waals surface area contributed by atoms with Gasteiger partial charge in [0.05, 0.1) is 17.0 Å². The van der Waals surface area contributed by atoms with Gasteiger partial charge in [-0.1, -0.05) is 11.6 Å². The number of nitrogens with one attached hydrogen (secondary N) is 1. The molecule has 5 nitrogen and oxygen atoms in total. The van der Waals surface area contributed by atoms with Gasteiger partial charge in [0.1, 0.15) is 5.76 Å². The minimum atomic E-state index is -0.185. The van der Waals surface area contributed by atoms with Gasteiger partial charge in [0.25, 0.3) is 5.91 Å². The summed E-state index contributed by atoms with van der Waals surface area (Å²) in [6, 6.07) is 8.56. The van der Waals surface area contributed by atoms with Gasteiger partial charge in [-0.3, -0.25) is 9.59 Å². The zero-order chi connectivity index (χ0) is 17.7. The van der Waals surface area contributed by atoms with E-state index in [9.17, 15) is 9.59 Å². The molecule has 1 heterocycles. The first-order valence-electron chi connectivity index (χ1n) is 7.77. The molecule has 2 aromatic rings. The number of anilines is 1. The predicted molar refractivity (Wildman–Crippen MR) is 94.3 cm³/mol. The summed E-state index contributed by atoms with van der Waals surface area (Å²) in [6.07, 6.45) is 2.35. The number of nitrogens with zero attached hydrogens (tertiary/aromatic N) is 1. The minimum absolute atomic E-state index is 0.0829. The number of amides is 2. The quantitative estimate of drug-likeness (QED) is 0.858. The Bertz CT molecular complexity index is 711. The molecule has 0 unspecified atom stereocenters. The molecule has 0 fully saturated rings. The lowest BCUT2D eigenvalue weighted by Crippen LogP contribution is -2.33. The third-order valence-corrected chi connectivity index (χ3v) is 4.09. The number of rotatable bonds is 6. The molecule has 0 bridgehead atoms. The molecule has 0 atom stereocenters. The fourth-order valence-corrected chi connectivity index (χ4v) is 2.26. The van der Waals surface area contributed by atoms with Crippen molar-refractivity contribution in [2.45, 2.75) is 32.7 Å². The lowest BCUT2D eigenvalue weighted by atomic mass is 10.1. The highest BCUT2D eigenvalue weighted by atomic mass is 35.5. The molecule has 0 aliphatic heterocycles. The Balaban J connectivity index is 2.05. The molecule has 2 rings (SSSR count). The second-order valence-electron chi connectivity index (χ2n) is 5.83. The topological polar surface area (TPSA) is 62.6 Å². The summed E-state index contributed by atoms with van der Waals surface area (Å²) in [5.74, 6) is 0.446. The normalized spacial score (nSPS) is 10.7. The van der Waals surface area contributed by atoms with Crippen LogP contribution in [-0.4, -0.2) is 29.8 Å². The number of furan rings is 1. The van der Waals surface area contributed by atoms with Crippen LogP contribution in [0.3, 0.4) is 0 Å². The summed E-state index contributed by atoms with van der Waals surface area (Å²) in [6.45, 7) is 3.87. The third-order valence-electron chi connectivity index (χ3n) is 3.76. The molecule has 2 amide bonds. The highest BCUT2D eigenvalue weighted by Gasteiger charge is 2.16. The zero-order valence-electron chi connectivity index (χ0n) is 14.0. The van der Waals surface area contributed by atoms with Crippen molar-refractivity contribution in [3.05, 3.63) is 52.9 Å². The van der Waals surface area contributed by atoms with Crippen molar-refractivity contribution in [1.29, 1.82) is 0 Å². The first-order chi connectivity index (χ1) is 11.4. The molecule has 1 N–H and O–H groups in total. The Labute approximate surface area is 146 Å². The van der Waals surface area contributed by atoms with Crippen LogP contribution in [0.1, 0.15) is 36.4 Å². The van der Waals surface area contributed by atoms with Crippen LogP contribution >= 0.6 is 11.6 Å². The molecule has 0 saturated carbocycles. The van der Waals surface area contributed by atoms with Crippen LogP contribution in [0.4, 0.5) is 5.69 Å². The molecule has 0 aliphatic rings. The maximum absolute atomic E-state index is 12.4. The molecule has 1 aromatic heterocycles. The van der Waals surface area contributed by atoms with Gasteiger partial charge in [0.2, 0.25) is 5.91 Å². The van der Waals surface area contributed by atoms with Crippen LogP contribution in [0, 0.1) is 0 Å². The van der Waals surface area contributed by atoms with Crippen LogP contribution in [0.2, 0.25) is 5.02 Å². The number of carbonyl (C=O) groups is 2. The van der Waals surface area contributed by atoms with Crippen LogP contribution in [-0.2, 0) is 11.2 Å². The molecule has 0 aliphatic carbocycles. The first kappa shape index (κ1) is 18.1. The molecule has 0 spiro atoms. The molecule has 0 saturated heterocycles. The van der Waals surface area contributed by atoms with Crippen molar-refractivity contribution in [1.82, 2.24) is 4.90 Å². The Kier molecular flexibility index (Phi) is 6.04. The van der Waals surface area contributed by atoms with E-state index in [-0.39, 0.29) is 24.3 Å². The highest BCUT2D eigenvalue weighted by molar-refractivity contribution is 6.33. The smallest absolute Gasteiger partial charge is 0.253 e. The van der Waals surface area contributed by atoms with Crippen molar-refractivity contribution in [3.8, 4) is 0 Å². The zero-order valence-corrected chi connectivity index (χ0v) is 14.8. The summed E-state index contributed by atoms with van der Waals surface area (Å²) in [4.78, 5) is 26.1. The molecule has 1 aromatic carbocycles. The third kappa shape index (κ3) is 4.61. The van der Waals surface area contributed by atoms with Crippen LogP contribution in [0.25, 0.3) is 0 Å². The molecular weight excluding hydrogens is 328 g/mol. The van der Waals surface area contributed by atoms with E-state index in [0.717, 1.165) is 5.76 Å².